The van der Waals surface area contributed by atoms with Crippen molar-refractivity contribution in [2.75, 3.05) is 13.2 Å². The van der Waals surface area contributed by atoms with E-state index in [0.717, 1.165) is 5.56 Å². The normalized spacial score (nSPS) is 14.5. The Bertz CT molecular complexity index is 744. The molecule has 0 aliphatic carbocycles. The molecule has 0 saturated heterocycles. The summed E-state index contributed by atoms with van der Waals surface area (Å²) in [4.78, 5) is 15.0. The molecule has 9 nitrogen and oxygen atoms in total. The van der Waals surface area contributed by atoms with Crippen LogP contribution in [0.5, 0.6) is 5.75 Å². The quantitative estimate of drug-likeness (QED) is 0.275. The van der Waals surface area contributed by atoms with Crippen molar-refractivity contribution < 1.29 is 23.1 Å². The van der Waals surface area contributed by atoms with E-state index in [-0.39, 0.29) is 23.8 Å². The van der Waals surface area contributed by atoms with Crippen molar-refractivity contribution in [1.29, 1.82) is 0 Å². The van der Waals surface area contributed by atoms with Gasteiger partial charge in [0.1, 0.15) is 11.8 Å². The Morgan fingerprint density at radius 1 is 1.42 bits per heavy atom. The number of aliphatic imine (C=N–C) groups is 1. The van der Waals surface area contributed by atoms with E-state index in [1.165, 1.54) is 12.1 Å². The minimum Gasteiger partial charge on any atom is -0.493 e. The van der Waals surface area contributed by atoms with Crippen molar-refractivity contribution in [2.24, 2.45) is 16.5 Å². The summed E-state index contributed by atoms with van der Waals surface area (Å²) < 4.78 is 32.3. The Balaban J connectivity index is 2.07. The highest BCUT2D eigenvalue weighted by Crippen LogP contribution is 2.27. The van der Waals surface area contributed by atoms with Crippen LogP contribution in [0.25, 0.3) is 0 Å². The third-order valence-electron chi connectivity index (χ3n) is 3.51. The van der Waals surface area contributed by atoms with E-state index in [1.54, 1.807) is 6.07 Å². The number of hydrogen-bond acceptors (Lipinski definition) is 5. The first kappa shape index (κ1) is 18.0. The lowest BCUT2D eigenvalue weighted by molar-refractivity contribution is -0.139. The van der Waals surface area contributed by atoms with Crippen LogP contribution in [-0.2, 0) is 21.2 Å². The second-order valence-electron chi connectivity index (χ2n) is 5.33. The van der Waals surface area contributed by atoms with Gasteiger partial charge in [-0.15, -0.1) is 0 Å². The summed E-state index contributed by atoms with van der Waals surface area (Å²) in [5.41, 5.74) is 11.2. The second kappa shape index (κ2) is 7.49. The van der Waals surface area contributed by atoms with Crippen LogP contribution in [0.15, 0.2) is 28.1 Å². The molecule has 0 aromatic heterocycles. The lowest BCUT2D eigenvalue weighted by atomic mass is 10.2. The number of hydrogen-bond donors (Lipinski definition) is 4. The topological polar surface area (TPSA) is 157 Å². The fourth-order valence-corrected chi connectivity index (χ4v) is 3.60. The summed E-state index contributed by atoms with van der Waals surface area (Å²) in [6.07, 6.45) is 1.02. The van der Waals surface area contributed by atoms with Crippen LogP contribution in [-0.4, -0.2) is 44.6 Å². The Kier molecular flexibility index (Phi) is 5.62. The average molecular weight is 356 g/mol. The number of carboxylic acids is 1. The lowest BCUT2D eigenvalue weighted by Gasteiger charge is -2.15. The Morgan fingerprint density at radius 2 is 2.17 bits per heavy atom. The van der Waals surface area contributed by atoms with Gasteiger partial charge in [-0.2, -0.15) is 4.72 Å². The van der Waals surface area contributed by atoms with Gasteiger partial charge >= 0.3 is 5.97 Å². The molecule has 0 radical (unpaired) electrons. The van der Waals surface area contributed by atoms with Crippen molar-refractivity contribution in [2.45, 2.75) is 30.2 Å². The molecule has 10 heteroatoms. The molecule has 1 atom stereocenters. The SMILES string of the molecule is NC(N)=NCCCC(NS(=O)(=O)c1ccc2c(c1)CCO2)C(=O)O. The number of fused-ring (bicyclic) bond motifs is 1. The van der Waals surface area contributed by atoms with E-state index in [4.69, 9.17) is 16.2 Å². The molecule has 0 spiro atoms. The van der Waals surface area contributed by atoms with Crippen molar-refractivity contribution in [1.82, 2.24) is 4.72 Å². The first-order valence-electron chi connectivity index (χ1n) is 7.36. The molecule has 0 saturated carbocycles. The van der Waals surface area contributed by atoms with Crippen LogP contribution in [0.1, 0.15) is 18.4 Å². The number of aliphatic carboxylic acids is 1. The second-order valence-corrected chi connectivity index (χ2v) is 7.04. The third kappa shape index (κ3) is 4.59. The van der Waals surface area contributed by atoms with Gasteiger partial charge in [0.05, 0.1) is 11.5 Å². The maximum atomic E-state index is 12.4. The molecule has 24 heavy (non-hydrogen) atoms. The predicted octanol–water partition coefficient (Wildman–Crippen LogP) is -0.593. The van der Waals surface area contributed by atoms with Gasteiger partial charge in [0.2, 0.25) is 10.0 Å². The molecule has 1 unspecified atom stereocenters. The molecule has 2 rings (SSSR count). The highest BCUT2D eigenvalue weighted by molar-refractivity contribution is 7.89. The summed E-state index contributed by atoms with van der Waals surface area (Å²) in [5.74, 6) is -0.698. The van der Waals surface area contributed by atoms with E-state index in [9.17, 15) is 18.3 Å². The fourth-order valence-electron chi connectivity index (χ4n) is 2.32. The summed E-state index contributed by atoms with van der Waals surface area (Å²) in [7, 11) is -3.95. The van der Waals surface area contributed by atoms with E-state index in [0.29, 0.717) is 25.2 Å². The van der Waals surface area contributed by atoms with Crippen molar-refractivity contribution >= 4 is 22.0 Å². The van der Waals surface area contributed by atoms with E-state index >= 15 is 0 Å². The minimum atomic E-state index is -3.95. The zero-order valence-electron chi connectivity index (χ0n) is 12.9. The van der Waals surface area contributed by atoms with Crippen molar-refractivity contribution in [3.05, 3.63) is 23.8 Å². The Hall–Kier alpha value is -2.33. The number of nitrogens with two attached hydrogens (primary N) is 2. The number of nitrogens with one attached hydrogen (secondary N) is 1. The standard InChI is InChI=1S/C14H20N4O5S/c15-14(16)17-6-1-2-11(13(19)20)18-24(21,22)10-3-4-12-9(8-10)5-7-23-12/h3-4,8,11,18H,1-2,5-7H2,(H,19,20)(H4,15,16,17). The van der Waals surface area contributed by atoms with Gasteiger partial charge in [0, 0.05) is 13.0 Å². The van der Waals surface area contributed by atoms with Crippen LogP contribution < -0.4 is 20.9 Å². The molecule has 132 valence electrons. The molecular formula is C14H20N4O5S. The number of nitrogens with zero attached hydrogens (tertiary/aromatic N) is 1. The zero-order valence-corrected chi connectivity index (χ0v) is 13.8. The van der Waals surface area contributed by atoms with Gasteiger partial charge in [0.15, 0.2) is 5.96 Å². The molecule has 6 N–H and O–H groups in total. The van der Waals surface area contributed by atoms with E-state index in [2.05, 4.69) is 9.71 Å². The minimum absolute atomic E-state index is 0.0159. The van der Waals surface area contributed by atoms with E-state index in [1.807, 2.05) is 0 Å². The first-order valence-corrected chi connectivity index (χ1v) is 8.84. The number of carboxylic acid groups (broad SMARTS) is 1. The Labute approximate surface area is 139 Å². The number of benzene rings is 1. The molecule has 1 aromatic rings. The predicted molar refractivity (Wildman–Crippen MR) is 87.3 cm³/mol. The maximum absolute atomic E-state index is 12.4. The van der Waals surface area contributed by atoms with Gasteiger partial charge in [-0.1, -0.05) is 0 Å². The van der Waals surface area contributed by atoms with E-state index < -0.39 is 22.0 Å². The number of guanidine groups is 1. The van der Waals surface area contributed by atoms with Crippen molar-refractivity contribution in [3.8, 4) is 5.75 Å². The van der Waals surface area contributed by atoms with Crippen LogP contribution in [0.2, 0.25) is 0 Å². The number of ether oxygens (including phenoxy) is 1. The molecule has 1 aliphatic rings. The van der Waals surface area contributed by atoms with Crippen LogP contribution in [0.3, 0.4) is 0 Å². The number of rotatable bonds is 8. The third-order valence-corrected chi connectivity index (χ3v) is 4.98. The van der Waals surface area contributed by atoms with Crippen LogP contribution in [0.4, 0.5) is 0 Å². The summed E-state index contributed by atoms with van der Waals surface area (Å²) in [5, 5.41) is 9.21. The van der Waals surface area contributed by atoms with Gasteiger partial charge in [-0.25, -0.2) is 8.42 Å². The first-order chi connectivity index (χ1) is 11.3. The molecule has 0 amide bonds. The summed E-state index contributed by atoms with van der Waals surface area (Å²) in [6, 6.07) is 3.22. The molecule has 0 bridgehead atoms. The van der Waals surface area contributed by atoms with Gasteiger partial charge in [0.25, 0.3) is 0 Å². The van der Waals surface area contributed by atoms with Gasteiger partial charge < -0.3 is 21.3 Å². The molecule has 1 aromatic carbocycles. The fraction of sp³-hybridized carbons (Fsp3) is 0.429. The van der Waals surface area contributed by atoms with Crippen LogP contribution >= 0.6 is 0 Å². The monoisotopic (exact) mass is 356 g/mol. The highest BCUT2D eigenvalue weighted by atomic mass is 32.2. The lowest BCUT2D eigenvalue weighted by Crippen LogP contribution is -2.40. The van der Waals surface area contributed by atoms with Gasteiger partial charge in [-0.05, 0) is 36.6 Å². The van der Waals surface area contributed by atoms with Crippen molar-refractivity contribution in [3.63, 3.8) is 0 Å². The van der Waals surface area contributed by atoms with Gasteiger partial charge in [-0.3, -0.25) is 9.79 Å². The molecule has 1 aliphatic heterocycles. The largest absolute Gasteiger partial charge is 0.493 e. The summed E-state index contributed by atoms with van der Waals surface area (Å²) >= 11 is 0. The highest BCUT2D eigenvalue weighted by Gasteiger charge is 2.26. The molecule has 1 heterocycles. The smallest absolute Gasteiger partial charge is 0.321 e. The number of sulfonamides is 1. The average Bonchev–Trinajstić information content (AvgIpc) is 2.97. The Morgan fingerprint density at radius 3 is 2.83 bits per heavy atom. The number of carbonyl (C=O) groups is 1. The molecular weight excluding hydrogens is 336 g/mol. The maximum Gasteiger partial charge on any atom is 0.321 e. The zero-order chi connectivity index (χ0) is 17.7. The molecule has 0 fully saturated rings. The summed E-state index contributed by atoms with van der Waals surface area (Å²) in [6.45, 7) is 0.735. The van der Waals surface area contributed by atoms with Crippen LogP contribution in [0, 0.1) is 0 Å².